The van der Waals surface area contributed by atoms with Gasteiger partial charge < -0.3 is 10.2 Å². The predicted molar refractivity (Wildman–Crippen MR) is 111 cm³/mol. The van der Waals surface area contributed by atoms with Crippen LogP contribution in [0, 0.1) is 11.3 Å². The van der Waals surface area contributed by atoms with Crippen LogP contribution < -0.4 is 5.32 Å². The van der Waals surface area contributed by atoms with E-state index >= 15 is 0 Å². The minimum atomic E-state index is -3.57. The van der Waals surface area contributed by atoms with Crippen LogP contribution in [0.2, 0.25) is 0 Å². The van der Waals surface area contributed by atoms with Crippen molar-refractivity contribution in [3.05, 3.63) is 60.2 Å². The highest BCUT2D eigenvalue weighted by Crippen LogP contribution is 2.18. The molecule has 1 heterocycles. The largest absolute Gasteiger partial charge is 0.340 e. The lowest BCUT2D eigenvalue weighted by atomic mass is 10.2. The molecule has 1 saturated heterocycles. The topological polar surface area (TPSA) is 111 Å². The second-order valence-corrected chi connectivity index (χ2v) is 8.78. The van der Waals surface area contributed by atoms with Crippen LogP contribution in [0.1, 0.15) is 18.4 Å². The molecule has 156 valence electrons. The third-order valence-corrected chi connectivity index (χ3v) is 6.73. The van der Waals surface area contributed by atoms with Crippen molar-refractivity contribution in [1.82, 2.24) is 9.21 Å². The Balaban J connectivity index is 1.47. The molecule has 0 spiro atoms. The Hall–Kier alpha value is -3.22. The summed E-state index contributed by atoms with van der Waals surface area (Å²) in [4.78, 5) is 26.3. The number of benzene rings is 2. The van der Waals surface area contributed by atoms with Crippen molar-refractivity contribution in [1.29, 1.82) is 5.26 Å². The number of anilines is 1. The van der Waals surface area contributed by atoms with Gasteiger partial charge in [0.15, 0.2) is 0 Å². The summed E-state index contributed by atoms with van der Waals surface area (Å²) < 4.78 is 26.7. The molecular formula is C21H22N4O4S. The number of amides is 2. The highest BCUT2D eigenvalue weighted by molar-refractivity contribution is 7.89. The van der Waals surface area contributed by atoms with Gasteiger partial charge in [-0.3, -0.25) is 9.59 Å². The van der Waals surface area contributed by atoms with Crippen LogP contribution in [0.3, 0.4) is 0 Å². The fourth-order valence-corrected chi connectivity index (χ4v) is 4.63. The van der Waals surface area contributed by atoms with Crippen molar-refractivity contribution in [3.8, 4) is 6.07 Å². The van der Waals surface area contributed by atoms with Crippen LogP contribution in [0.25, 0.3) is 0 Å². The number of sulfonamides is 1. The van der Waals surface area contributed by atoms with Crippen LogP contribution in [0.15, 0.2) is 59.5 Å². The van der Waals surface area contributed by atoms with Crippen LogP contribution in [-0.2, 0) is 19.6 Å². The zero-order valence-electron chi connectivity index (χ0n) is 16.3. The van der Waals surface area contributed by atoms with E-state index in [1.54, 1.807) is 59.5 Å². The molecule has 1 N–H and O–H groups in total. The lowest BCUT2D eigenvalue weighted by Crippen LogP contribution is -2.50. The summed E-state index contributed by atoms with van der Waals surface area (Å²) >= 11 is 0. The molecule has 2 amide bonds. The lowest BCUT2D eigenvalue weighted by molar-refractivity contribution is -0.133. The average molecular weight is 426 g/mol. The third-order valence-electron chi connectivity index (χ3n) is 4.81. The maximum atomic E-state index is 12.6. The van der Waals surface area contributed by atoms with Crippen molar-refractivity contribution in [2.75, 3.05) is 31.5 Å². The van der Waals surface area contributed by atoms with E-state index in [1.807, 2.05) is 6.07 Å². The molecule has 0 aliphatic carbocycles. The Morgan fingerprint density at radius 1 is 0.967 bits per heavy atom. The first-order valence-electron chi connectivity index (χ1n) is 9.53. The molecule has 2 aromatic rings. The van der Waals surface area contributed by atoms with Gasteiger partial charge in [0.05, 0.1) is 16.5 Å². The van der Waals surface area contributed by atoms with Gasteiger partial charge in [0, 0.05) is 44.7 Å². The van der Waals surface area contributed by atoms with Crippen molar-refractivity contribution in [2.24, 2.45) is 0 Å². The molecule has 1 aliphatic rings. The molecule has 0 atom stereocenters. The van der Waals surface area contributed by atoms with E-state index in [2.05, 4.69) is 5.32 Å². The van der Waals surface area contributed by atoms with E-state index in [1.165, 1.54) is 4.31 Å². The summed E-state index contributed by atoms with van der Waals surface area (Å²) in [6.07, 6.45) is 0.0490. The Kier molecular flexibility index (Phi) is 6.82. The minimum absolute atomic E-state index is 0.0120. The molecule has 0 saturated carbocycles. The number of piperazine rings is 1. The number of hydrogen-bond acceptors (Lipinski definition) is 5. The van der Waals surface area contributed by atoms with E-state index < -0.39 is 10.0 Å². The van der Waals surface area contributed by atoms with Gasteiger partial charge in [0.1, 0.15) is 0 Å². The van der Waals surface area contributed by atoms with E-state index in [4.69, 9.17) is 5.26 Å². The monoisotopic (exact) mass is 426 g/mol. The van der Waals surface area contributed by atoms with Crippen LogP contribution in [-0.4, -0.2) is 55.6 Å². The Labute approximate surface area is 175 Å². The number of rotatable bonds is 6. The Morgan fingerprint density at radius 2 is 1.67 bits per heavy atom. The summed E-state index contributed by atoms with van der Waals surface area (Å²) in [6, 6.07) is 16.8. The van der Waals surface area contributed by atoms with Gasteiger partial charge in [-0.25, -0.2) is 8.42 Å². The molecule has 0 radical (unpaired) electrons. The average Bonchev–Trinajstić information content (AvgIpc) is 2.78. The molecule has 30 heavy (non-hydrogen) atoms. The molecule has 1 fully saturated rings. The SMILES string of the molecule is N#Cc1cccc(NC(=O)CCC(=O)N2CCN(S(=O)(=O)c3ccccc3)CC2)c1. The smallest absolute Gasteiger partial charge is 0.243 e. The number of carbonyl (C=O) groups is 2. The first-order valence-corrected chi connectivity index (χ1v) is 11.0. The van der Waals surface area contributed by atoms with Gasteiger partial charge in [0.25, 0.3) is 0 Å². The number of nitrogens with zero attached hydrogens (tertiary/aromatic N) is 3. The summed E-state index contributed by atoms with van der Waals surface area (Å²) in [5.41, 5.74) is 0.943. The quantitative estimate of drug-likeness (QED) is 0.757. The highest BCUT2D eigenvalue weighted by Gasteiger charge is 2.29. The summed E-state index contributed by atoms with van der Waals surface area (Å²) in [5.74, 6) is -0.503. The first kappa shape index (κ1) is 21.5. The zero-order chi connectivity index (χ0) is 21.6. The first-order chi connectivity index (χ1) is 14.4. The molecule has 9 heteroatoms. The highest BCUT2D eigenvalue weighted by atomic mass is 32.2. The Bertz CT molecular complexity index is 1060. The second-order valence-electron chi connectivity index (χ2n) is 6.84. The van der Waals surface area contributed by atoms with E-state index in [9.17, 15) is 18.0 Å². The lowest BCUT2D eigenvalue weighted by Gasteiger charge is -2.34. The number of nitrogens with one attached hydrogen (secondary N) is 1. The van der Waals surface area contributed by atoms with Crippen molar-refractivity contribution in [3.63, 3.8) is 0 Å². The molecule has 0 aromatic heterocycles. The summed E-state index contributed by atoms with van der Waals surface area (Å²) in [7, 11) is -3.57. The fraction of sp³-hybridized carbons (Fsp3) is 0.286. The van der Waals surface area contributed by atoms with Crippen molar-refractivity contribution < 1.29 is 18.0 Å². The molecule has 3 rings (SSSR count). The maximum absolute atomic E-state index is 12.6. The molecule has 0 bridgehead atoms. The Morgan fingerprint density at radius 3 is 2.33 bits per heavy atom. The van der Waals surface area contributed by atoms with Crippen LogP contribution >= 0.6 is 0 Å². The van der Waals surface area contributed by atoms with E-state index in [-0.39, 0.29) is 55.7 Å². The van der Waals surface area contributed by atoms with Crippen molar-refractivity contribution >= 4 is 27.5 Å². The van der Waals surface area contributed by atoms with Gasteiger partial charge in [0.2, 0.25) is 21.8 Å². The van der Waals surface area contributed by atoms with Gasteiger partial charge in [-0.2, -0.15) is 9.57 Å². The third kappa shape index (κ3) is 5.23. The minimum Gasteiger partial charge on any atom is -0.340 e. The standard InChI is InChI=1S/C21H22N4O4S/c22-16-17-5-4-6-18(15-17)23-20(26)9-10-21(27)24-11-13-25(14-12-24)30(28,29)19-7-2-1-3-8-19/h1-8,15H,9-14H2,(H,23,26). The molecule has 8 nitrogen and oxygen atoms in total. The molecule has 1 aliphatic heterocycles. The van der Waals surface area contributed by atoms with Gasteiger partial charge >= 0.3 is 0 Å². The van der Waals surface area contributed by atoms with Gasteiger partial charge in [-0.05, 0) is 30.3 Å². The van der Waals surface area contributed by atoms with E-state index in [0.29, 0.717) is 11.3 Å². The predicted octanol–water partition coefficient (Wildman–Crippen LogP) is 1.81. The normalized spacial score (nSPS) is 14.7. The molecule has 2 aromatic carbocycles. The fourth-order valence-electron chi connectivity index (χ4n) is 3.19. The number of hydrogen-bond donors (Lipinski definition) is 1. The second kappa shape index (κ2) is 9.52. The molecular weight excluding hydrogens is 404 g/mol. The number of nitriles is 1. The van der Waals surface area contributed by atoms with Gasteiger partial charge in [-0.1, -0.05) is 24.3 Å². The maximum Gasteiger partial charge on any atom is 0.243 e. The van der Waals surface area contributed by atoms with Gasteiger partial charge in [-0.15, -0.1) is 0 Å². The van der Waals surface area contributed by atoms with Crippen LogP contribution in [0.4, 0.5) is 5.69 Å². The van der Waals surface area contributed by atoms with Crippen molar-refractivity contribution in [2.45, 2.75) is 17.7 Å². The summed E-state index contributed by atoms with van der Waals surface area (Å²) in [5, 5.41) is 11.6. The van der Waals surface area contributed by atoms with Crippen LogP contribution in [0.5, 0.6) is 0 Å². The number of carbonyl (C=O) groups excluding carboxylic acids is 2. The van der Waals surface area contributed by atoms with E-state index in [0.717, 1.165) is 0 Å². The molecule has 0 unspecified atom stereocenters. The summed E-state index contributed by atoms with van der Waals surface area (Å²) in [6.45, 7) is 1.01. The zero-order valence-corrected chi connectivity index (χ0v) is 17.1.